The molecule has 0 spiro atoms. The summed E-state index contributed by atoms with van der Waals surface area (Å²) in [6.07, 6.45) is 6.15. The summed E-state index contributed by atoms with van der Waals surface area (Å²) in [5.74, 6) is 2.35. The minimum Gasteiger partial charge on any atom is -0.393 e. The second-order valence-corrected chi connectivity index (χ2v) is 9.78. The molecule has 0 aliphatic heterocycles. The first-order valence-corrected chi connectivity index (χ1v) is 8.66. The summed E-state index contributed by atoms with van der Waals surface area (Å²) in [7, 11) is 0. The maximum Gasteiger partial charge on any atom is 0.0594 e. The van der Waals surface area contributed by atoms with Gasteiger partial charge in [0.25, 0.3) is 0 Å². The molecule has 0 heterocycles. The highest BCUT2D eigenvalue weighted by molar-refractivity contribution is 5.03. The van der Waals surface area contributed by atoms with Gasteiger partial charge in [0.05, 0.1) is 6.10 Å². The van der Waals surface area contributed by atoms with Gasteiger partial charge in [0.15, 0.2) is 0 Å². The third-order valence-corrected chi connectivity index (χ3v) is 7.21. The Bertz CT molecular complexity index is 351. The molecule has 2 fully saturated rings. The molecule has 0 amide bonds. The maximum absolute atomic E-state index is 10.4. The Balaban J connectivity index is 2.17. The van der Waals surface area contributed by atoms with Crippen LogP contribution in [-0.2, 0) is 0 Å². The van der Waals surface area contributed by atoms with E-state index in [0.29, 0.717) is 16.7 Å². The van der Waals surface area contributed by atoms with Crippen LogP contribution in [0, 0.1) is 34.0 Å². The summed E-state index contributed by atoms with van der Waals surface area (Å²) in [5, 5.41) is 10.4. The normalized spacial score (nSPS) is 42.9. The molecule has 1 heteroatoms. The van der Waals surface area contributed by atoms with E-state index >= 15 is 0 Å². The van der Waals surface area contributed by atoms with Crippen LogP contribution in [0.1, 0.15) is 80.6 Å². The molecule has 0 aromatic carbocycles. The predicted octanol–water partition coefficient (Wildman–Crippen LogP) is 5.27. The van der Waals surface area contributed by atoms with Crippen molar-refractivity contribution in [1.29, 1.82) is 0 Å². The maximum atomic E-state index is 10.4. The van der Waals surface area contributed by atoms with Crippen LogP contribution >= 0.6 is 0 Å². The Morgan fingerprint density at radius 2 is 1.65 bits per heavy atom. The summed E-state index contributed by atoms with van der Waals surface area (Å²) in [5.41, 5.74) is 0.964. The largest absolute Gasteiger partial charge is 0.393 e. The molecule has 5 unspecified atom stereocenters. The molecule has 20 heavy (non-hydrogen) atoms. The Morgan fingerprint density at radius 1 is 1.05 bits per heavy atom. The van der Waals surface area contributed by atoms with Gasteiger partial charge < -0.3 is 5.11 Å². The van der Waals surface area contributed by atoms with Gasteiger partial charge in [-0.15, -0.1) is 0 Å². The van der Waals surface area contributed by atoms with E-state index in [0.717, 1.165) is 18.3 Å². The number of hydrogen-bond acceptors (Lipinski definition) is 1. The smallest absolute Gasteiger partial charge is 0.0594 e. The van der Waals surface area contributed by atoms with Gasteiger partial charge in [-0.3, -0.25) is 0 Å². The van der Waals surface area contributed by atoms with Crippen LogP contribution in [-0.4, -0.2) is 11.2 Å². The van der Waals surface area contributed by atoms with Gasteiger partial charge in [-0.2, -0.15) is 0 Å². The molecule has 2 rings (SSSR count). The molecule has 0 radical (unpaired) electrons. The number of rotatable bonds is 1. The van der Waals surface area contributed by atoms with Crippen molar-refractivity contribution >= 4 is 0 Å². The van der Waals surface area contributed by atoms with Crippen LogP contribution in [0.5, 0.6) is 0 Å². The molecule has 2 aliphatic rings. The number of fused-ring (bicyclic) bond motifs is 1. The third kappa shape index (κ3) is 2.67. The van der Waals surface area contributed by atoms with Crippen molar-refractivity contribution < 1.29 is 5.11 Å². The topological polar surface area (TPSA) is 20.2 Å². The number of hydrogen-bond donors (Lipinski definition) is 1. The fourth-order valence-corrected chi connectivity index (χ4v) is 5.32. The summed E-state index contributed by atoms with van der Waals surface area (Å²) in [4.78, 5) is 0. The molecule has 0 aromatic rings. The highest BCUT2D eigenvalue weighted by Crippen LogP contribution is 2.60. The van der Waals surface area contributed by atoms with E-state index in [1.165, 1.54) is 25.7 Å². The zero-order chi connectivity index (χ0) is 15.3. The van der Waals surface area contributed by atoms with Crippen LogP contribution in [0.25, 0.3) is 0 Å². The summed E-state index contributed by atoms with van der Waals surface area (Å²) < 4.78 is 0. The molecule has 0 saturated heterocycles. The van der Waals surface area contributed by atoms with Gasteiger partial charge in [-0.05, 0) is 66.1 Å². The van der Waals surface area contributed by atoms with Crippen molar-refractivity contribution in [3.05, 3.63) is 0 Å². The van der Waals surface area contributed by atoms with Crippen molar-refractivity contribution in [3.8, 4) is 0 Å². The fourth-order valence-electron chi connectivity index (χ4n) is 5.32. The van der Waals surface area contributed by atoms with E-state index in [9.17, 15) is 5.11 Å². The molecule has 2 aliphatic carbocycles. The van der Waals surface area contributed by atoms with Crippen molar-refractivity contribution in [2.45, 2.75) is 86.7 Å². The molecule has 5 atom stereocenters. The van der Waals surface area contributed by atoms with E-state index in [1.807, 2.05) is 0 Å². The zero-order valence-electron chi connectivity index (χ0n) is 14.8. The van der Waals surface area contributed by atoms with Gasteiger partial charge in [0, 0.05) is 0 Å². The van der Waals surface area contributed by atoms with Crippen LogP contribution in [0.4, 0.5) is 0 Å². The fraction of sp³-hybridized carbons (Fsp3) is 1.00. The van der Waals surface area contributed by atoms with Gasteiger partial charge in [0.1, 0.15) is 0 Å². The quantitative estimate of drug-likeness (QED) is 0.693. The van der Waals surface area contributed by atoms with E-state index in [2.05, 4.69) is 48.5 Å². The average Bonchev–Trinajstić information content (AvgIpc) is 2.32. The lowest BCUT2D eigenvalue weighted by atomic mass is 9.48. The second kappa shape index (κ2) is 5.00. The summed E-state index contributed by atoms with van der Waals surface area (Å²) in [6, 6.07) is 0. The monoisotopic (exact) mass is 280 g/mol. The van der Waals surface area contributed by atoms with Crippen molar-refractivity contribution in [1.82, 2.24) is 0 Å². The van der Waals surface area contributed by atoms with Crippen LogP contribution in [0.2, 0.25) is 0 Å². The number of aliphatic hydroxyl groups excluding tert-OH is 1. The Labute approximate surface area is 126 Å². The predicted molar refractivity (Wildman–Crippen MR) is 86.6 cm³/mol. The van der Waals surface area contributed by atoms with Crippen molar-refractivity contribution in [2.24, 2.45) is 34.0 Å². The lowest BCUT2D eigenvalue weighted by molar-refractivity contribution is -0.129. The first kappa shape index (κ1) is 16.3. The minimum atomic E-state index is -0.0998. The molecule has 2 saturated carbocycles. The second-order valence-electron chi connectivity index (χ2n) is 9.78. The first-order valence-electron chi connectivity index (χ1n) is 8.66. The third-order valence-electron chi connectivity index (χ3n) is 7.21. The highest BCUT2D eigenvalue weighted by atomic mass is 16.3. The molecule has 118 valence electrons. The van der Waals surface area contributed by atoms with Gasteiger partial charge >= 0.3 is 0 Å². The van der Waals surface area contributed by atoms with Crippen LogP contribution in [0.3, 0.4) is 0 Å². The van der Waals surface area contributed by atoms with Gasteiger partial charge in [-0.25, -0.2) is 0 Å². The molecular formula is C19H36O. The SMILES string of the molecule is CC(C1CCC2C(C)(CCC(O)C2(C)C)C1)C(C)(C)C. The van der Waals surface area contributed by atoms with Crippen molar-refractivity contribution in [3.63, 3.8) is 0 Å². The molecule has 1 nitrogen and oxygen atoms in total. The summed E-state index contributed by atoms with van der Waals surface area (Å²) >= 11 is 0. The molecular weight excluding hydrogens is 244 g/mol. The molecule has 0 aromatic heterocycles. The van der Waals surface area contributed by atoms with E-state index < -0.39 is 0 Å². The number of aliphatic hydroxyl groups is 1. The van der Waals surface area contributed by atoms with Gasteiger partial charge in [0.2, 0.25) is 0 Å². The standard InChI is InChI=1S/C19H36O/c1-13(17(2,3)4)14-8-9-15-18(5,6)16(20)10-11-19(15,7)12-14/h13-16,20H,8-12H2,1-7H3. The zero-order valence-corrected chi connectivity index (χ0v) is 14.8. The van der Waals surface area contributed by atoms with Gasteiger partial charge in [-0.1, -0.05) is 48.5 Å². The Kier molecular flexibility index (Phi) is 4.09. The van der Waals surface area contributed by atoms with Crippen LogP contribution in [0.15, 0.2) is 0 Å². The summed E-state index contributed by atoms with van der Waals surface area (Å²) in [6.45, 7) is 16.7. The van der Waals surface area contributed by atoms with Crippen LogP contribution < -0.4 is 0 Å². The lowest BCUT2D eigenvalue weighted by Crippen LogP contribution is -2.53. The Hall–Kier alpha value is -0.0400. The lowest BCUT2D eigenvalue weighted by Gasteiger charge is -2.58. The molecule has 1 N–H and O–H groups in total. The first-order chi connectivity index (χ1) is 8.98. The van der Waals surface area contributed by atoms with Crippen molar-refractivity contribution in [2.75, 3.05) is 0 Å². The van der Waals surface area contributed by atoms with E-state index in [1.54, 1.807) is 0 Å². The average molecular weight is 280 g/mol. The van der Waals surface area contributed by atoms with E-state index in [4.69, 9.17) is 0 Å². The highest BCUT2D eigenvalue weighted by Gasteiger charge is 2.53. The van der Waals surface area contributed by atoms with E-state index in [-0.39, 0.29) is 11.5 Å². The minimum absolute atomic E-state index is 0.0998. The Morgan fingerprint density at radius 3 is 2.20 bits per heavy atom. The molecule has 0 bridgehead atoms.